The average Bonchev–Trinajstić information content (AvgIpc) is 3.88. The summed E-state index contributed by atoms with van der Waals surface area (Å²) in [5.41, 5.74) is 13.9. The Morgan fingerprint density at radius 3 is 1.60 bits per heavy atom. The van der Waals surface area contributed by atoms with E-state index in [4.69, 9.17) is 15.0 Å². The van der Waals surface area contributed by atoms with Gasteiger partial charge >= 0.3 is 0 Å². The summed E-state index contributed by atoms with van der Waals surface area (Å²) < 4.78 is 2.57. The molecule has 0 aliphatic heterocycles. The maximum atomic E-state index is 5.44. The van der Waals surface area contributed by atoms with E-state index in [-0.39, 0.29) is 0 Å². The third-order valence-electron chi connectivity index (χ3n) is 12.4. The summed E-state index contributed by atoms with van der Waals surface area (Å²) in [6.45, 7) is 0. The smallest absolute Gasteiger partial charge is 0.164 e. The Morgan fingerprint density at radius 1 is 0.306 bits per heavy atom. The number of hydrogen-bond acceptors (Lipinski definition) is 4. The number of hydrogen-bond donors (Lipinski definition) is 0. The highest BCUT2D eigenvalue weighted by atomic mass is 32.1. The molecule has 0 fully saturated rings. The highest BCUT2D eigenvalue weighted by Crippen LogP contribution is 2.58. The van der Waals surface area contributed by atoms with Gasteiger partial charge in [-0.2, -0.15) is 0 Å². The summed E-state index contributed by atoms with van der Waals surface area (Å²) in [6.07, 6.45) is 0. The summed E-state index contributed by atoms with van der Waals surface area (Å²) in [4.78, 5) is 16.2. The van der Waals surface area contributed by atoms with Crippen molar-refractivity contribution >= 4 is 31.5 Å². The second-order valence-electron chi connectivity index (χ2n) is 15.9. The molecule has 0 bridgehead atoms. The van der Waals surface area contributed by atoms with Gasteiger partial charge in [-0.25, -0.2) is 15.0 Å². The lowest BCUT2D eigenvalue weighted by molar-refractivity contribution is 0.768. The maximum Gasteiger partial charge on any atom is 0.164 e. The van der Waals surface area contributed by atoms with Crippen molar-refractivity contribution < 1.29 is 0 Å². The molecule has 12 rings (SSSR count). The van der Waals surface area contributed by atoms with Crippen LogP contribution >= 0.6 is 11.3 Å². The first kappa shape index (κ1) is 36.1. The largest absolute Gasteiger partial charge is 0.208 e. The van der Waals surface area contributed by atoms with E-state index in [1.165, 1.54) is 48.0 Å². The summed E-state index contributed by atoms with van der Waals surface area (Å²) in [5, 5.41) is 2.59. The molecule has 9 aromatic carbocycles. The predicted molar refractivity (Wildman–Crippen MR) is 257 cm³/mol. The lowest BCUT2D eigenvalue weighted by Gasteiger charge is -2.33. The topological polar surface area (TPSA) is 38.7 Å². The van der Waals surface area contributed by atoms with Crippen LogP contribution in [-0.4, -0.2) is 15.0 Å². The van der Waals surface area contributed by atoms with Gasteiger partial charge in [-0.05, 0) is 73.8 Å². The quantitative estimate of drug-likeness (QED) is 0.161. The third-order valence-corrected chi connectivity index (χ3v) is 13.6. The van der Waals surface area contributed by atoms with Gasteiger partial charge in [0.25, 0.3) is 0 Å². The van der Waals surface area contributed by atoms with Crippen molar-refractivity contribution in [3.05, 3.63) is 247 Å². The van der Waals surface area contributed by atoms with Crippen molar-refractivity contribution in [2.75, 3.05) is 0 Å². The van der Waals surface area contributed by atoms with Crippen LogP contribution in [0.15, 0.2) is 224 Å². The molecule has 0 unspecified atom stereocenters. The van der Waals surface area contributed by atoms with E-state index in [1.54, 1.807) is 0 Å². The zero-order chi connectivity index (χ0) is 41.0. The lowest BCUT2D eigenvalue weighted by Crippen LogP contribution is -2.28. The average molecular weight is 808 g/mol. The van der Waals surface area contributed by atoms with Gasteiger partial charge in [-0.3, -0.25) is 0 Å². The summed E-state index contributed by atoms with van der Waals surface area (Å²) in [7, 11) is 0. The Bertz CT molecular complexity index is 3430. The fraction of sp³-hybridized carbons (Fsp3) is 0.0172. The number of rotatable bonds is 7. The van der Waals surface area contributed by atoms with Gasteiger partial charge in [0.15, 0.2) is 17.5 Å². The molecule has 1 aliphatic carbocycles. The summed E-state index contributed by atoms with van der Waals surface area (Å²) >= 11 is 1.84. The van der Waals surface area contributed by atoms with Crippen LogP contribution in [0.5, 0.6) is 0 Å². The normalized spacial score (nSPS) is 12.6. The minimum atomic E-state index is -0.549. The minimum absolute atomic E-state index is 0.549. The second kappa shape index (κ2) is 14.7. The number of nitrogens with zero attached hydrogens (tertiary/aromatic N) is 3. The molecule has 0 N–H and O–H groups in total. The van der Waals surface area contributed by atoms with Crippen LogP contribution in [0.4, 0.5) is 0 Å². The van der Waals surface area contributed by atoms with Gasteiger partial charge in [0.1, 0.15) is 0 Å². The predicted octanol–water partition coefficient (Wildman–Crippen LogP) is 14.9. The van der Waals surface area contributed by atoms with E-state index < -0.39 is 5.41 Å². The Kier molecular flexibility index (Phi) is 8.58. The van der Waals surface area contributed by atoms with Crippen molar-refractivity contribution in [2.45, 2.75) is 5.41 Å². The number of aromatic nitrogens is 3. The molecule has 0 saturated carbocycles. The molecule has 62 heavy (non-hydrogen) atoms. The van der Waals surface area contributed by atoms with Crippen LogP contribution in [0, 0.1) is 0 Å². The lowest BCUT2D eigenvalue weighted by atomic mass is 9.67. The van der Waals surface area contributed by atoms with E-state index >= 15 is 0 Å². The van der Waals surface area contributed by atoms with Gasteiger partial charge in [0, 0.05) is 36.9 Å². The number of benzene rings is 9. The molecule has 1 aliphatic rings. The zero-order valence-corrected chi connectivity index (χ0v) is 34.4. The van der Waals surface area contributed by atoms with Crippen molar-refractivity contribution in [1.82, 2.24) is 15.0 Å². The Hall–Kier alpha value is -7.79. The first-order valence-corrected chi connectivity index (χ1v) is 21.8. The van der Waals surface area contributed by atoms with Crippen molar-refractivity contribution in [3.63, 3.8) is 0 Å². The fourth-order valence-corrected chi connectivity index (χ4v) is 10.9. The Morgan fingerprint density at radius 2 is 0.823 bits per heavy atom. The van der Waals surface area contributed by atoms with Crippen molar-refractivity contribution in [1.29, 1.82) is 0 Å². The fourth-order valence-electron chi connectivity index (χ4n) is 9.72. The highest BCUT2D eigenvalue weighted by Gasteiger charge is 2.47. The van der Waals surface area contributed by atoms with Gasteiger partial charge in [0.2, 0.25) is 0 Å². The van der Waals surface area contributed by atoms with Crippen molar-refractivity contribution in [3.8, 4) is 67.5 Å². The SMILES string of the molecule is c1ccc(-c2ccccc2-c2nc(-c3cccc(-c4ccc5c(c4)sc4ccccc45)c3)nc(-c3cccc4c3-c3ccccc3C4(c3ccccc3)c3ccccc3)n2)cc1. The zero-order valence-electron chi connectivity index (χ0n) is 33.6. The van der Waals surface area contributed by atoms with Crippen LogP contribution in [0.3, 0.4) is 0 Å². The third kappa shape index (κ3) is 5.76. The van der Waals surface area contributed by atoms with Gasteiger partial charge in [-0.1, -0.05) is 206 Å². The molecule has 0 spiro atoms. The number of thiophene rings is 1. The molecule has 2 heterocycles. The summed E-state index contributed by atoms with van der Waals surface area (Å²) in [5.74, 6) is 1.88. The van der Waals surface area contributed by atoms with Crippen LogP contribution < -0.4 is 0 Å². The van der Waals surface area contributed by atoms with Gasteiger partial charge in [-0.15, -0.1) is 11.3 Å². The van der Waals surface area contributed by atoms with Crippen LogP contribution in [0.25, 0.3) is 87.7 Å². The summed E-state index contributed by atoms with van der Waals surface area (Å²) in [6, 6.07) is 80.4. The Labute approximate surface area is 364 Å². The Balaban J connectivity index is 1.09. The molecule has 2 aromatic heterocycles. The van der Waals surface area contributed by atoms with Crippen LogP contribution in [-0.2, 0) is 5.41 Å². The maximum absolute atomic E-state index is 5.44. The molecule has 0 radical (unpaired) electrons. The molecule has 4 heteroatoms. The first-order valence-electron chi connectivity index (χ1n) is 21.0. The first-order chi connectivity index (χ1) is 30.7. The minimum Gasteiger partial charge on any atom is -0.208 e. The van der Waals surface area contributed by atoms with E-state index in [9.17, 15) is 0 Å². The molecule has 290 valence electrons. The van der Waals surface area contributed by atoms with E-state index in [1.807, 2.05) is 11.3 Å². The van der Waals surface area contributed by atoms with E-state index in [0.717, 1.165) is 44.5 Å². The molecule has 11 aromatic rings. The van der Waals surface area contributed by atoms with Crippen molar-refractivity contribution in [2.24, 2.45) is 0 Å². The van der Waals surface area contributed by atoms with Crippen LogP contribution in [0.1, 0.15) is 22.3 Å². The van der Waals surface area contributed by atoms with Crippen LogP contribution in [0.2, 0.25) is 0 Å². The number of fused-ring (bicyclic) bond motifs is 6. The standard InChI is InChI=1S/C58H37N3S/c1-4-18-38(19-5-1)44-26-10-11-28-47(44)56-59-55(41-21-16-20-39(36-41)40-34-35-46-45-27-13-15-33-52(45)62-53(46)37-40)60-57(61-56)49-30-17-32-51-54(49)48-29-12-14-31-50(48)58(51,42-22-6-2-7-23-42)43-24-8-3-9-25-43/h1-37H. The second-order valence-corrected chi connectivity index (χ2v) is 16.9. The highest BCUT2D eigenvalue weighted by molar-refractivity contribution is 7.25. The van der Waals surface area contributed by atoms with Gasteiger partial charge in [0.05, 0.1) is 5.41 Å². The monoisotopic (exact) mass is 807 g/mol. The molecule has 0 atom stereocenters. The molecular formula is C58H37N3S. The van der Waals surface area contributed by atoms with Gasteiger partial charge < -0.3 is 0 Å². The molecule has 0 amide bonds. The molecule has 0 saturated heterocycles. The van der Waals surface area contributed by atoms with E-state index in [2.05, 4.69) is 224 Å². The molecular weight excluding hydrogens is 771 g/mol. The van der Waals surface area contributed by atoms with E-state index in [0.29, 0.717) is 17.5 Å². The molecule has 3 nitrogen and oxygen atoms in total.